The Hall–Kier alpha value is -1.75. The summed E-state index contributed by atoms with van der Waals surface area (Å²) in [6.07, 6.45) is 7.38. The summed E-state index contributed by atoms with van der Waals surface area (Å²) in [7, 11) is 0. The second kappa shape index (κ2) is 5.47. The predicted molar refractivity (Wildman–Crippen MR) is 84.3 cm³/mol. The average Bonchev–Trinajstić information content (AvgIpc) is 3.08. The van der Waals surface area contributed by atoms with Crippen LogP contribution in [0.5, 0.6) is 0 Å². The summed E-state index contributed by atoms with van der Waals surface area (Å²) >= 11 is 0. The first kappa shape index (κ1) is 13.9. The maximum Gasteiger partial charge on any atom is 0.165 e. The second-order valence-corrected chi connectivity index (χ2v) is 6.78. The Kier molecular flexibility index (Phi) is 3.45. The van der Waals surface area contributed by atoms with Crippen LogP contribution in [0, 0.1) is 6.92 Å². The van der Waals surface area contributed by atoms with E-state index in [1.807, 2.05) is 4.68 Å². The van der Waals surface area contributed by atoms with Crippen LogP contribution in [0.3, 0.4) is 0 Å². The largest absolute Gasteiger partial charge is 0.300 e. The second-order valence-electron chi connectivity index (χ2n) is 6.78. The van der Waals surface area contributed by atoms with E-state index >= 15 is 0 Å². The molecule has 2 fully saturated rings. The number of hydrogen-bond acceptors (Lipinski definition) is 4. The van der Waals surface area contributed by atoms with Crippen LogP contribution in [-0.2, 0) is 12.1 Å². The zero-order chi connectivity index (χ0) is 15.0. The molecule has 0 radical (unpaired) electrons. The molecule has 2 aromatic rings. The van der Waals surface area contributed by atoms with Gasteiger partial charge in [-0.3, -0.25) is 0 Å². The highest BCUT2D eigenvalue weighted by molar-refractivity contribution is 5.30. The Labute approximate surface area is 131 Å². The highest BCUT2D eigenvalue weighted by atomic mass is 15.6. The summed E-state index contributed by atoms with van der Waals surface area (Å²) < 4.78 is 2.01. The molecule has 0 bridgehead atoms. The Bertz CT molecular complexity index is 653. The predicted octanol–water partition coefficient (Wildman–Crippen LogP) is 2.88. The molecule has 0 aliphatic heterocycles. The van der Waals surface area contributed by atoms with Crippen LogP contribution in [0.4, 0.5) is 0 Å². The molecular formula is C17H23N5. The minimum Gasteiger partial charge on any atom is -0.300 e. The van der Waals surface area contributed by atoms with Crippen LogP contribution in [0.1, 0.15) is 61.5 Å². The zero-order valence-corrected chi connectivity index (χ0v) is 13.1. The number of nitrogens with zero attached hydrogens (tertiary/aromatic N) is 4. The molecule has 1 aromatic carbocycles. The molecule has 5 nitrogen and oxygen atoms in total. The minimum atomic E-state index is 0.0896. The number of hydrogen-bond donors (Lipinski definition) is 1. The molecule has 1 N–H and O–H groups in total. The van der Waals surface area contributed by atoms with Crippen LogP contribution in [0.25, 0.3) is 0 Å². The molecule has 0 unspecified atom stereocenters. The molecule has 0 atom stereocenters. The first-order valence-corrected chi connectivity index (χ1v) is 8.36. The minimum absolute atomic E-state index is 0.0896. The zero-order valence-electron chi connectivity index (χ0n) is 13.1. The van der Waals surface area contributed by atoms with E-state index in [9.17, 15) is 0 Å². The first-order valence-electron chi connectivity index (χ1n) is 8.36. The molecule has 2 aliphatic carbocycles. The van der Waals surface area contributed by atoms with Crippen molar-refractivity contribution in [1.29, 1.82) is 0 Å². The molecule has 5 heteroatoms. The van der Waals surface area contributed by atoms with Gasteiger partial charge >= 0.3 is 0 Å². The van der Waals surface area contributed by atoms with Gasteiger partial charge < -0.3 is 5.32 Å². The monoisotopic (exact) mass is 297 g/mol. The van der Waals surface area contributed by atoms with Crippen LogP contribution < -0.4 is 5.32 Å². The molecule has 2 aliphatic rings. The van der Waals surface area contributed by atoms with Gasteiger partial charge in [0.25, 0.3) is 0 Å². The Morgan fingerprint density at radius 1 is 1.27 bits per heavy atom. The SMILES string of the molecule is Cc1cccc(C2(NCc3nnnn3C3CC3)CCCC2)c1. The summed E-state index contributed by atoms with van der Waals surface area (Å²) in [6, 6.07) is 9.45. The third-order valence-electron chi connectivity index (χ3n) is 5.07. The van der Waals surface area contributed by atoms with Crippen LogP contribution in [0.15, 0.2) is 24.3 Å². The molecule has 4 rings (SSSR count). The highest BCUT2D eigenvalue weighted by Gasteiger charge is 2.36. The lowest BCUT2D eigenvalue weighted by Gasteiger charge is -2.31. The lowest BCUT2D eigenvalue weighted by molar-refractivity contribution is 0.330. The van der Waals surface area contributed by atoms with Crippen molar-refractivity contribution in [3.8, 4) is 0 Å². The normalized spacial score (nSPS) is 20.4. The molecule has 22 heavy (non-hydrogen) atoms. The smallest absolute Gasteiger partial charge is 0.165 e. The van der Waals surface area contributed by atoms with Crippen molar-refractivity contribution < 1.29 is 0 Å². The number of tetrazole rings is 1. The fraction of sp³-hybridized carbons (Fsp3) is 0.588. The first-order chi connectivity index (χ1) is 10.8. The fourth-order valence-corrected chi connectivity index (χ4v) is 3.67. The summed E-state index contributed by atoms with van der Waals surface area (Å²) in [5.74, 6) is 0.974. The van der Waals surface area contributed by atoms with Gasteiger partial charge in [0.15, 0.2) is 5.82 Å². The summed E-state index contributed by atoms with van der Waals surface area (Å²) in [4.78, 5) is 0. The van der Waals surface area contributed by atoms with E-state index in [4.69, 9.17) is 0 Å². The Morgan fingerprint density at radius 2 is 2.09 bits per heavy atom. The standard InChI is InChI=1S/C17H23N5/c1-13-5-4-6-14(11-13)17(9-2-3-10-17)18-12-16-19-20-21-22(16)15-7-8-15/h4-6,11,15,18H,2-3,7-10,12H2,1H3. The fourth-order valence-electron chi connectivity index (χ4n) is 3.67. The van der Waals surface area contributed by atoms with Gasteiger partial charge in [0.2, 0.25) is 0 Å². The van der Waals surface area contributed by atoms with Gasteiger partial charge in [0.1, 0.15) is 0 Å². The topological polar surface area (TPSA) is 55.6 Å². The molecule has 0 saturated heterocycles. The van der Waals surface area contributed by atoms with Gasteiger partial charge in [0.05, 0.1) is 12.6 Å². The lowest BCUT2D eigenvalue weighted by atomic mass is 9.87. The molecule has 0 spiro atoms. The van der Waals surface area contributed by atoms with Gasteiger partial charge in [-0.25, -0.2) is 4.68 Å². The van der Waals surface area contributed by atoms with Crippen molar-refractivity contribution in [1.82, 2.24) is 25.5 Å². The van der Waals surface area contributed by atoms with Crippen LogP contribution >= 0.6 is 0 Å². The molecule has 0 amide bonds. The van der Waals surface area contributed by atoms with Crippen molar-refractivity contribution in [2.75, 3.05) is 0 Å². The third kappa shape index (κ3) is 2.54. The Balaban J connectivity index is 1.56. The number of aromatic nitrogens is 4. The quantitative estimate of drug-likeness (QED) is 0.922. The summed E-state index contributed by atoms with van der Waals surface area (Å²) in [5, 5.41) is 16.0. The third-order valence-corrected chi connectivity index (χ3v) is 5.07. The van der Waals surface area contributed by atoms with E-state index < -0.39 is 0 Å². The average molecular weight is 297 g/mol. The number of aryl methyl sites for hydroxylation is 1. The molecule has 1 aromatic heterocycles. The maximum atomic E-state index is 4.22. The van der Waals surface area contributed by atoms with E-state index in [0.29, 0.717) is 6.04 Å². The van der Waals surface area contributed by atoms with E-state index in [-0.39, 0.29) is 5.54 Å². The summed E-state index contributed by atoms with van der Waals surface area (Å²) in [5.41, 5.74) is 2.83. The van der Waals surface area contributed by atoms with Gasteiger partial charge in [-0.15, -0.1) is 5.10 Å². The van der Waals surface area contributed by atoms with Gasteiger partial charge in [0, 0.05) is 5.54 Å². The van der Waals surface area contributed by atoms with E-state index in [0.717, 1.165) is 12.4 Å². The molecule has 116 valence electrons. The van der Waals surface area contributed by atoms with Gasteiger partial charge in [-0.2, -0.15) is 0 Å². The Morgan fingerprint density at radius 3 is 2.82 bits per heavy atom. The number of rotatable bonds is 5. The number of nitrogens with one attached hydrogen (secondary N) is 1. The molecule has 2 saturated carbocycles. The summed E-state index contributed by atoms with van der Waals surface area (Å²) in [6.45, 7) is 2.91. The molecular weight excluding hydrogens is 274 g/mol. The van der Waals surface area contributed by atoms with E-state index in [1.165, 1.54) is 49.7 Å². The lowest BCUT2D eigenvalue weighted by Crippen LogP contribution is -2.40. The van der Waals surface area contributed by atoms with Gasteiger partial charge in [-0.1, -0.05) is 42.7 Å². The number of benzene rings is 1. The van der Waals surface area contributed by atoms with Gasteiger partial charge in [-0.05, 0) is 48.6 Å². The van der Waals surface area contributed by atoms with E-state index in [2.05, 4.69) is 52.0 Å². The van der Waals surface area contributed by atoms with Crippen molar-refractivity contribution in [2.24, 2.45) is 0 Å². The van der Waals surface area contributed by atoms with Crippen molar-refractivity contribution in [3.05, 3.63) is 41.2 Å². The molecule has 1 heterocycles. The van der Waals surface area contributed by atoms with Crippen molar-refractivity contribution in [2.45, 2.75) is 63.6 Å². The van der Waals surface area contributed by atoms with Crippen LogP contribution in [-0.4, -0.2) is 20.2 Å². The highest BCUT2D eigenvalue weighted by Crippen LogP contribution is 2.39. The van der Waals surface area contributed by atoms with Crippen molar-refractivity contribution >= 4 is 0 Å². The van der Waals surface area contributed by atoms with Crippen molar-refractivity contribution in [3.63, 3.8) is 0 Å². The van der Waals surface area contributed by atoms with Crippen LogP contribution in [0.2, 0.25) is 0 Å². The maximum absolute atomic E-state index is 4.22. The van der Waals surface area contributed by atoms with E-state index in [1.54, 1.807) is 0 Å².